The lowest BCUT2D eigenvalue weighted by molar-refractivity contribution is -0.138. The van der Waals surface area contributed by atoms with E-state index in [0.29, 0.717) is 18.3 Å². The minimum Gasteiger partial charge on any atom is -0.465 e. The lowest BCUT2D eigenvalue weighted by Crippen LogP contribution is -2.08. The number of carbonyl (C=O) groups is 3. The first-order chi connectivity index (χ1) is 11.5. The van der Waals surface area contributed by atoms with Gasteiger partial charge in [0.15, 0.2) is 0 Å². The highest BCUT2D eigenvalue weighted by molar-refractivity contribution is 8.34. The van der Waals surface area contributed by atoms with E-state index in [0.717, 1.165) is 35.3 Å². The zero-order chi connectivity index (χ0) is 17.9. The van der Waals surface area contributed by atoms with Crippen molar-refractivity contribution in [3.05, 3.63) is 28.1 Å². The molecular weight excluding hydrogens is 396 g/mol. The summed E-state index contributed by atoms with van der Waals surface area (Å²) in [5.41, 5.74) is 0. The van der Waals surface area contributed by atoms with E-state index in [4.69, 9.17) is 4.74 Å². The molecule has 0 radical (unpaired) electrons. The van der Waals surface area contributed by atoms with E-state index >= 15 is 0 Å². The molecule has 0 aromatic rings. The Hall–Kier alpha value is -1.01. The molecule has 24 heavy (non-hydrogen) atoms. The predicted molar refractivity (Wildman–Crippen MR) is 94.6 cm³/mol. The average Bonchev–Trinajstić information content (AvgIpc) is 3.23. The van der Waals surface area contributed by atoms with Crippen molar-refractivity contribution in [3.8, 4) is 0 Å². The van der Waals surface area contributed by atoms with Gasteiger partial charge < -0.3 is 19.3 Å². The smallest absolute Gasteiger partial charge is 0.346 e. The molecule has 0 spiro atoms. The first-order valence-corrected chi connectivity index (χ1v) is 9.52. The molecule has 0 aromatic heterocycles. The number of hydrogen-bond donors (Lipinski definition) is 1. The van der Waals surface area contributed by atoms with Crippen molar-refractivity contribution < 1.29 is 33.7 Å². The van der Waals surface area contributed by atoms with Crippen molar-refractivity contribution in [2.24, 2.45) is 0 Å². The molecule has 0 amide bonds. The van der Waals surface area contributed by atoms with Crippen molar-refractivity contribution >= 4 is 65.0 Å². The van der Waals surface area contributed by atoms with Crippen molar-refractivity contribution in [1.82, 2.24) is 0 Å². The summed E-state index contributed by atoms with van der Waals surface area (Å²) in [6.07, 6.45) is 0. The van der Waals surface area contributed by atoms with Gasteiger partial charge in [-0.1, -0.05) is 47.0 Å². The van der Waals surface area contributed by atoms with E-state index in [1.54, 1.807) is 0 Å². The SMILES string of the molecule is COC(=O)C1=C(CO)SC(=C2SC(C(=O)OC)=C(C(=O)OC)S2)S1. The molecule has 0 aliphatic carbocycles. The maximum Gasteiger partial charge on any atom is 0.346 e. The van der Waals surface area contributed by atoms with Crippen LogP contribution in [0.5, 0.6) is 0 Å². The van der Waals surface area contributed by atoms with E-state index in [9.17, 15) is 19.5 Å². The van der Waals surface area contributed by atoms with Gasteiger partial charge in [0.05, 0.1) is 36.4 Å². The monoisotopic (exact) mass is 408 g/mol. The minimum atomic E-state index is -0.639. The molecule has 1 N–H and O–H groups in total. The number of aliphatic hydroxyl groups excluding tert-OH is 1. The summed E-state index contributed by atoms with van der Waals surface area (Å²) in [6.45, 7) is -0.310. The van der Waals surface area contributed by atoms with Gasteiger partial charge in [-0.3, -0.25) is 0 Å². The van der Waals surface area contributed by atoms with Gasteiger partial charge in [-0.2, -0.15) is 0 Å². The molecule has 11 heteroatoms. The fourth-order valence-electron chi connectivity index (χ4n) is 1.60. The Morgan fingerprint density at radius 1 is 0.750 bits per heavy atom. The summed E-state index contributed by atoms with van der Waals surface area (Å²) in [5, 5.41) is 9.40. The highest BCUT2D eigenvalue weighted by Crippen LogP contribution is 2.60. The molecule has 0 saturated carbocycles. The number of esters is 3. The number of rotatable bonds is 4. The summed E-state index contributed by atoms with van der Waals surface area (Å²) in [5.74, 6) is -1.82. The molecule has 0 saturated heterocycles. The van der Waals surface area contributed by atoms with Gasteiger partial charge in [-0.15, -0.1) is 0 Å². The van der Waals surface area contributed by atoms with Crippen LogP contribution >= 0.6 is 47.0 Å². The van der Waals surface area contributed by atoms with E-state index in [2.05, 4.69) is 9.47 Å². The molecule has 2 rings (SSSR count). The summed E-state index contributed by atoms with van der Waals surface area (Å²) >= 11 is 4.47. The molecule has 130 valence electrons. The third-order valence-electron chi connectivity index (χ3n) is 2.68. The Kier molecular flexibility index (Phi) is 6.75. The average molecular weight is 409 g/mol. The summed E-state index contributed by atoms with van der Waals surface area (Å²) < 4.78 is 15.4. The quantitative estimate of drug-likeness (QED) is 0.546. The van der Waals surface area contributed by atoms with Crippen LogP contribution in [0.2, 0.25) is 0 Å². The normalized spacial score (nSPS) is 17.5. The summed E-state index contributed by atoms with van der Waals surface area (Å²) in [4.78, 5) is 36.5. The highest BCUT2D eigenvalue weighted by Gasteiger charge is 2.37. The Morgan fingerprint density at radius 3 is 1.54 bits per heavy atom. The standard InChI is InChI=1S/C13H12O7S4/c1-18-9(15)6-5(4-14)21-12(22-6)13-23-7(10(16)19-2)8(24-13)11(17)20-3/h14H,4H2,1-3H3. The summed E-state index contributed by atoms with van der Waals surface area (Å²) in [6, 6.07) is 0. The van der Waals surface area contributed by atoms with Gasteiger partial charge in [0.1, 0.15) is 14.7 Å². The Morgan fingerprint density at radius 2 is 1.12 bits per heavy atom. The Balaban J connectivity index is 2.30. The Labute approximate surface area is 154 Å². The van der Waals surface area contributed by atoms with Crippen LogP contribution in [0.1, 0.15) is 0 Å². The van der Waals surface area contributed by atoms with Crippen LogP contribution in [0.3, 0.4) is 0 Å². The number of thioether (sulfide) groups is 4. The van der Waals surface area contributed by atoms with Gasteiger partial charge in [-0.25, -0.2) is 14.4 Å². The van der Waals surface area contributed by atoms with E-state index in [1.807, 2.05) is 0 Å². The second-order valence-electron chi connectivity index (χ2n) is 4.03. The van der Waals surface area contributed by atoms with Crippen molar-refractivity contribution in [1.29, 1.82) is 0 Å². The molecule has 7 nitrogen and oxygen atoms in total. The largest absolute Gasteiger partial charge is 0.465 e. The topological polar surface area (TPSA) is 99.1 Å². The first kappa shape index (κ1) is 19.3. The number of hydrogen-bond acceptors (Lipinski definition) is 11. The fourth-order valence-corrected chi connectivity index (χ4v) is 6.87. The van der Waals surface area contributed by atoms with Crippen LogP contribution in [0.25, 0.3) is 0 Å². The van der Waals surface area contributed by atoms with Crippen LogP contribution in [0.4, 0.5) is 0 Å². The highest BCUT2D eigenvalue weighted by atomic mass is 32.2. The molecular formula is C13H12O7S4. The fraction of sp³-hybridized carbons (Fsp3) is 0.308. The van der Waals surface area contributed by atoms with E-state index in [-0.39, 0.29) is 16.4 Å². The van der Waals surface area contributed by atoms with Crippen LogP contribution in [0, 0.1) is 0 Å². The van der Waals surface area contributed by atoms with Crippen molar-refractivity contribution in [3.63, 3.8) is 0 Å². The van der Waals surface area contributed by atoms with Crippen LogP contribution in [-0.2, 0) is 28.6 Å². The van der Waals surface area contributed by atoms with Crippen molar-refractivity contribution in [2.75, 3.05) is 27.9 Å². The number of aliphatic hydroxyl groups is 1. The van der Waals surface area contributed by atoms with Gasteiger partial charge >= 0.3 is 17.9 Å². The lowest BCUT2D eigenvalue weighted by atomic mass is 10.5. The second kappa shape index (κ2) is 8.39. The van der Waals surface area contributed by atoms with E-state index in [1.165, 1.54) is 33.1 Å². The zero-order valence-corrected chi connectivity index (χ0v) is 16.0. The van der Waals surface area contributed by atoms with Gasteiger partial charge in [0.2, 0.25) is 0 Å². The number of carbonyl (C=O) groups excluding carboxylic acids is 3. The van der Waals surface area contributed by atoms with Gasteiger partial charge in [0.25, 0.3) is 0 Å². The maximum atomic E-state index is 11.9. The lowest BCUT2D eigenvalue weighted by Gasteiger charge is -2.02. The molecule has 2 aliphatic rings. The third kappa shape index (κ3) is 3.80. The molecule has 0 unspecified atom stereocenters. The van der Waals surface area contributed by atoms with Gasteiger partial charge in [0, 0.05) is 4.91 Å². The zero-order valence-electron chi connectivity index (χ0n) is 12.7. The maximum absolute atomic E-state index is 11.9. The second-order valence-corrected chi connectivity index (χ2v) is 8.71. The molecule has 2 heterocycles. The molecule has 2 aliphatic heterocycles. The minimum absolute atomic E-state index is 0.134. The first-order valence-electron chi connectivity index (χ1n) is 6.25. The summed E-state index contributed by atoms with van der Waals surface area (Å²) in [7, 11) is 3.70. The predicted octanol–water partition coefficient (Wildman–Crippen LogP) is 2.01. The number of ether oxygens (including phenoxy) is 3. The van der Waals surface area contributed by atoms with Crippen LogP contribution in [-0.4, -0.2) is 51.0 Å². The molecule has 0 atom stereocenters. The molecule has 0 bridgehead atoms. The molecule has 0 aromatic carbocycles. The van der Waals surface area contributed by atoms with Crippen molar-refractivity contribution in [2.45, 2.75) is 0 Å². The van der Waals surface area contributed by atoms with Crippen LogP contribution < -0.4 is 0 Å². The van der Waals surface area contributed by atoms with Gasteiger partial charge in [-0.05, 0) is 0 Å². The third-order valence-corrected chi connectivity index (χ3v) is 8.36. The number of methoxy groups -OCH3 is 3. The van der Waals surface area contributed by atoms with Crippen LogP contribution in [0.15, 0.2) is 28.1 Å². The van der Waals surface area contributed by atoms with E-state index < -0.39 is 17.9 Å². The Bertz CT molecular complexity index is 662. The molecule has 0 fully saturated rings.